The van der Waals surface area contributed by atoms with Gasteiger partial charge >= 0.3 is 0 Å². The van der Waals surface area contributed by atoms with Crippen molar-refractivity contribution in [1.29, 1.82) is 13.4 Å². The van der Waals surface area contributed by atoms with E-state index in [0.717, 1.165) is 167 Å². The van der Waals surface area contributed by atoms with Crippen LogP contribution in [0.2, 0.25) is 0 Å². The van der Waals surface area contributed by atoms with E-state index in [1.807, 2.05) is 27.7 Å². The van der Waals surface area contributed by atoms with Crippen molar-refractivity contribution >= 4 is 235 Å². The van der Waals surface area contributed by atoms with E-state index in [4.69, 9.17) is 107 Å². The Labute approximate surface area is 926 Å². The van der Waals surface area contributed by atoms with Crippen molar-refractivity contribution < 1.29 is 117 Å². The summed E-state index contributed by atoms with van der Waals surface area (Å²) in [5, 5.41) is 91.5. The minimum atomic E-state index is -0.771. The Balaban J connectivity index is -0.000000142. The fourth-order valence-electron chi connectivity index (χ4n) is 8.92. The summed E-state index contributed by atoms with van der Waals surface area (Å²) in [6, 6.07) is 0. The highest BCUT2D eigenvalue weighted by Crippen LogP contribution is 2.28. The molecule has 0 aromatic carbocycles. The highest BCUT2D eigenvalue weighted by Gasteiger charge is 2.34. The molecule has 46 heteroatoms. The van der Waals surface area contributed by atoms with Crippen LogP contribution in [0.5, 0.6) is 0 Å². The van der Waals surface area contributed by atoms with Crippen LogP contribution in [-0.4, -0.2) is 419 Å². The van der Waals surface area contributed by atoms with Gasteiger partial charge in [-0.2, -0.15) is 139 Å². The summed E-state index contributed by atoms with van der Waals surface area (Å²) in [6.45, 7) is 46.9. The predicted octanol–water partition coefficient (Wildman–Crippen LogP) is 16.0. The summed E-state index contributed by atoms with van der Waals surface area (Å²) in [5.41, 5.74) is 4.86. The van der Waals surface area contributed by atoms with E-state index in [-0.39, 0.29) is 76.9 Å². The van der Waals surface area contributed by atoms with Gasteiger partial charge in [0.15, 0.2) is 6.08 Å². The molecule has 0 bridgehead atoms. The van der Waals surface area contributed by atoms with Crippen molar-refractivity contribution in [3.8, 4) is 0 Å². The summed E-state index contributed by atoms with van der Waals surface area (Å²) < 4.78 is 155. The van der Waals surface area contributed by atoms with Gasteiger partial charge in [0.1, 0.15) is 11.1 Å². The SMILES string of the molecule is C=CCOCC(CC)(CO)CO.C=CCOCC(CC)(CO)COCC=C.C=CCOCC(CO)(COCC=C)COCC=C.[2H]P(CS)CCCOCC(CC)(CO)CO.[2H]P(CS)CCCOCC(CC)(CO)COCCCP([2H])CS.[2H]P(CS)CCCOCC(CO)(COCCCP([2H])CS)COCCCP([2H])CS.[2H]P(CS)CCOCCO.[2H]SCP.[2H]SCP.[2H]SCP.[2H]SCP.[CH+]=CCOCCO. The van der Waals surface area contributed by atoms with Crippen LogP contribution in [-0.2, 0) is 66.3 Å². The average molecular weight is 2370 g/mol. The topological polar surface area (TPSA) is 332 Å². The second-order valence-electron chi connectivity index (χ2n) is 28.6. The predicted molar refractivity (Wildman–Crippen MR) is 659 cm³/mol. The Morgan fingerprint density at radius 2 is 0.441 bits per heavy atom. The quantitative estimate of drug-likeness (QED) is 0.00884. The Kier molecular flexibility index (Phi) is 155. The number of rotatable bonds is 92. The summed E-state index contributed by atoms with van der Waals surface area (Å²) in [4.78, 5) is 0. The van der Waals surface area contributed by atoms with Crippen molar-refractivity contribution in [1.82, 2.24) is 0 Å². The van der Waals surface area contributed by atoms with Crippen molar-refractivity contribution in [3.63, 3.8) is 0 Å². The third kappa shape index (κ3) is 134. The van der Waals surface area contributed by atoms with E-state index in [1.165, 1.54) is 6.08 Å². The Morgan fingerprint density at radius 3 is 0.618 bits per heavy atom. The standard InChI is InChI=1S/C17H39O4P3S3.C14H24O4.C14H32O3P2S2.C12H22O3.C10H23O3PS.C9H18O3.C5H13O2PS.C5H9O2.4CH5PS/c18-10-17(11-19-4-1-7-22-14-25,12-20-5-2-8-23-15-26)13-21-6-3-9-24-16-27;1-4-7-16-11-14(10-15,12-17-8-5-2)13-18-9-6-3;1-2-14(9-15,10-16-5-3-7-18-12-20)11-17-6-4-8-19-13-21;1-4-7-14-10-12(6-3,9-13)11-15-8-5-2;1-2-10(6-11,7-12)8-13-4-3-5-14-9-15;1-3-5-12-8-9(4-2,6-10)7-11;6-1-2-7-3-4-8-5-9;1-2-4-7-5-3-6;4*2-1-3/h18,22-27H,1-16H2;4-6,15H,1-3,7-13H2;15,18-21H,2-13H2,1H3;4-5,13H,1-2,6-11H2,3H3;11-12,14-15H,2-9H2,1H3;3,10-11H,1,4-8H2,2H3;6,8-9H,1-5H2;1-2,6H,3-5H2;4*3H,1-2H2/q;;;;;;;+1;;;;/i22D,23D,24D;;18D,19D;;14D;;8D;;;;;/hD4. The fourth-order valence-corrected chi connectivity index (χ4v) is 15.3. The molecule has 24 nitrogen and oxygen atoms in total. The minimum Gasteiger partial charge on any atom is -0.396 e. The summed E-state index contributed by atoms with van der Waals surface area (Å²) in [5.74, 6) is 0. The second kappa shape index (κ2) is 149. The third-order valence-electron chi connectivity index (χ3n) is 17.4. The van der Waals surface area contributed by atoms with E-state index in [0.29, 0.717) is 236 Å². The van der Waals surface area contributed by atoms with Gasteiger partial charge in [0, 0.05) is 122 Å². The summed E-state index contributed by atoms with van der Waals surface area (Å²) in [6.07, 6.45) is 25.2. The number of thiol groups is 11. The molecule has 0 saturated heterocycles. The molecular weight excluding hydrogens is 2160 g/mol. The first-order chi connectivity index (χ1) is 70.7. The maximum absolute atomic E-state index is 10.1. The van der Waals surface area contributed by atoms with Crippen LogP contribution in [0.25, 0.3) is 0 Å². The van der Waals surface area contributed by atoms with Gasteiger partial charge in [-0.1, -0.05) is 64.2 Å². The van der Waals surface area contributed by atoms with E-state index in [1.54, 1.807) is 36.5 Å². The van der Waals surface area contributed by atoms with Gasteiger partial charge in [-0.15, -0.1) is 136 Å². The molecular formula is C90H200O24P11S11+. The molecule has 0 aliphatic heterocycles. The highest BCUT2D eigenvalue weighted by molar-refractivity contribution is 7.88. The molecule has 0 rings (SSSR count). The highest BCUT2D eigenvalue weighted by atomic mass is 32.1. The Morgan fingerprint density at radius 1 is 0.265 bits per heavy atom. The maximum atomic E-state index is 10.1. The van der Waals surface area contributed by atoms with Crippen LogP contribution in [0.3, 0.4) is 0 Å². The zero-order valence-corrected chi connectivity index (χ0v) is 103. The van der Waals surface area contributed by atoms with Gasteiger partial charge in [0.25, 0.3) is 0 Å². The number of ether oxygens (including phenoxy) is 14. The van der Waals surface area contributed by atoms with Crippen molar-refractivity contribution in [2.45, 2.75) is 91.9 Å². The number of aliphatic hydroxyl groups is 10. The fraction of sp³-hybridized carbons (Fsp3) is 0.844. The molecule has 0 heterocycles. The van der Waals surface area contributed by atoms with Gasteiger partial charge in [-0.25, -0.2) is 0 Å². The Bertz CT molecular complexity index is 2420. The molecule has 10 N–H and O–H groups in total. The number of hydrogen-bond acceptors (Lipinski definition) is 35. The lowest BCUT2D eigenvalue weighted by Crippen LogP contribution is -2.41. The lowest BCUT2D eigenvalue weighted by atomic mass is 9.88. The van der Waals surface area contributed by atoms with E-state index in [9.17, 15) is 30.6 Å². The molecule has 136 heavy (non-hydrogen) atoms. The first-order valence-electron chi connectivity index (χ1n) is 49.9. The summed E-state index contributed by atoms with van der Waals surface area (Å²) >= 11 is 33.0. The molecule has 0 radical (unpaired) electrons. The lowest BCUT2D eigenvalue weighted by molar-refractivity contribution is -0.0923. The normalized spacial score (nSPS) is 14.4. The average Bonchev–Trinajstić information content (AvgIpc) is 0.877. The molecule has 0 aromatic heterocycles. The van der Waals surface area contributed by atoms with E-state index < -0.39 is 81.3 Å². The lowest BCUT2D eigenvalue weighted by Gasteiger charge is -2.31. The van der Waals surface area contributed by atoms with Crippen LogP contribution < -0.4 is 0 Å². The molecule has 0 amide bonds. The zero-order valence-electron chi connectivity index (χ0n) is 93.9. The van der Waals surface area contributed by atoms with Crippen LogP contribution >= 0.6 is 235 Å². The first-order valence-corrected chi connectivity index (χ1v) is 64.0. The molecule has 0 fully saturated rings. The van der Waals surface area contributed by atoms with Crippen LogP contribution in [0, 0.1) is 39.1 Å². The first kappa shape index (κ1) is 142. The minimum absolute atomic E-state index is 0.0445. The molecule has 0 aromatic rings. The van der Waals surface area contributed by atoms with Gasteiger partial charge in [-0.05, 0) is 107 Å². The number of hydrogen-bond donors (Lipinski definition) is 21. The van der Waals surface area contributed by atoms with E-state index >= 15 is 0 Å². The molecule has 0 aliphatic carbocycles. The molecule has 11 atom stereocenters. The van der Waals surface area contributed by atoms with Gasteiger partial charge < -0.3 is 117 Å². The smallest absolute Gasteiger partial charge is 0.204 e. The third-order valence-corrected chi connectivity index (χ3v) is 27.3. The van der Waals surface area contributed by atoms with Crippen molar-refractivity contribution in [3.05, 3.63) is 88.6 Å². The Hall–Kier alpha value is 5.71. The largest absolute Gasteiger partial charge is 0.396 e. The second-order valence-corrected chi connectivity index (χ2v) is 48.1. The van der Waals surface area contributed by atoms with Crippen LogP contribution in [0.1, 0.15) is 91.9 Å². The zero-order chi connectivity index (χ0) is 114. The maximum Gasteiger partial charge on any atom is 0.204 e. The van der Waals surface area contributed by atoms with Gasteiger partial charge in [0.05, 0.1) is 225 Å². The van der Waals surface area contributed by atoms with Gasteiger partial charge in [0.2, 0.25) is 6.58 Å². The molecule has 11 unspecified atom stereocenters. The van der Waals surface area contributed by atoms with Gasteiger partial charge in [-0.3, -0.25) is 0 Å². The van der Waals surface area contributed by atoms with Crippen LogP contribution in [0.15, 0.2) is 82.0 Å². The molecule has 0 aliphatic rings. The van der Waals surface area contributed by atoms with Crippen molar-refractivity contribution in [2.75, 3.05) is 355 Å². The molecule has 824 valence electrons. The molecule has 0 spiro atoms. The van der Waals surface area contributed by atoms with Crippen molar-refractivity contribution in [2.24, 2.45) is 32.5 Å². The van der Waals surface area contributed by atoms with Crippen LogP contribution in [0.4, 0.5) is 0 Å². The summed E-state index contributed by atoms with van der Waals surface area (Å²) in [7, 11) is 4.60. The number of aliphatic hydroxyl groups excluding tert-OH is 10. The van der Waals surface area contributed by atoms with E-state index in [2.05, 4.69) is 165 Å². The monoisotopic (exact) mass is 2370 g/mol. The molecule has 0 saturated carbocycles.